The summed E-state index contributed by atoms with van der Waals surface area (Å²) in [6, 6.07) is 79.3. The van der Waals surface area contributed by atoms with Gasteiger partial charge in [-0.2, -0.15) is 0 Å². The molecular weight excluding hydrogens is 677 g/mol. The number of para-hydroxylation sites is 2. The van der Waals surface area contributed by atoms with Crippen LogP contribution in [0.2, 0.25) is 0 Å². The zero-order chi connectivity index (χ0) is 37.0. The molecular formula is C54H36N2. The molecule has 10 aromatic carbocycles. The molecule has 0 atom stereocenters. The van der Waals surface area contributed by atoms with Gasteiger partial charge in [0.1, 0.15) is 0 Å². The van der Waals surface area contributed by atoms with Gasteiger partial charge in [-0.1, -0.05) is 152 Å². The average molecular weight is 713 g/mol. The zero-order valence-corrected chi connectivity index (χ0v) is 30.7. The summed E-state index contributed by atoms with van der Waals surface area (Å²) in [4.78, 5) is 2.32. The summed E-state index contributed by atoms with van der Waals surface area (Å²) in [7, 11) is 0. The number of hydrogen-bond donors (Lipinski definition) is 0. The van der Waals surface area contributed by atoms with Crippen molar-refractivity contribution < 1.29 is 0 Å². The highest BCUT2D eigenvalue weighted by Crippen LogP contribution is 2.41. The molecule has 0 saturated heterocycles. The molecule has 0 aliphatic rings. The maximum absolute atomic E-state index is 2.43. The first-order valence-electron chi connectivity index (χ1n) is 19.3. The fourth-order valence-corrected chi connectivity index (χ4v) is 8.73. The van der Waals surface area contributed by atoms with Gasteiger partial charge in [0.05, 0.1) is 11.0 Å². The maximum Gasteiger partial charge on any atom is 0.0541 e. The lowest BCUT2D eigenvalue weighted by Gasteiger charge is -2.26. The summed E-state index contributed by atoms with van der Waals surface area (Å²) in [6.07, 6.45) is 0. The van der Waals surface area contributed by atoms with E-state index < -0.39 is 0 Å². The largest absolute Gasteiger partial charge is 0.311 e. The Hall–Kier alpha value is -7.42. The van der Waals surface area contributed by atoms with Crippen molar-refractivity contribution >= 4 is 71.2 Å². The second-order valence-corrected chi connectivity index (χ2v) is 14.5. The third kappa shape index (κ3) is 5.26. The highest BCUT2D eigenvalue weighted by Gasteiger charge is 2.17. The predicted molar refractivity (Wildman–Crippen MR) is 239 cm³/mol. The number of benzene rings is 10. The molecule has 56 heavy (non-hydrogen) atoms. The van der Waals surface area contributed by atoms with E-state index in [-0.39, 0.29) is 0 Å². The number of aromatic nitrogens is 1. The standard InChI is InChI=1S/C54H36N2/c1-3-13-37(14-4-1)38-23-28-42(29-24-38)55(41-15-5-2-6-16-41)43-30-25-39(26-31-43)40-27-34-54-52(35-40)50-21-11-12-22-53(50)56(54)44-32-33-49-47-19-8-7-17-45(47)46-18-9-10-20-48(46)51(49)36-44/h1-36H. The smallest absolute Gasteiger partial charge is 0.0541 e. The first-order valence-corrected chi connectivity index (χ1v) is 19.3. The molecule has 2 heteroatoms. The van der Waals surface area contributed by atoms with Crippen molar-refractivity contribution in [2.75, 3.05) is 4.90 Å². The van der Waals surface area contributed by atoms with E-state index in [1.54, 1.807) is 0 Å². The lowest BCUT2D eigenvalue weighted by Crippen LogP contribution is -2.09. The molecule has 0 unspecified atom stereocenters. The summed E-state index contributed by atoms with van der Waals surface area (Å²) in [5.74, 6) is 0. The van der Waals surface area contributed by atoms with E-state index in [1.807, 2.05) is 0 Å². The van der Waals surface area contributed by atoms with Crippen LogP contribution in [0.1, 0.15) is 0 Å². The molecule has 0 N–H and O–H groups in total. The fraction of sp³-hybridized carbons (Fsp3) is 0. The van der Waals surface area contributed by atoms with Crippen LogP contribution in [0, 0.1) is 0 Å². The maximum atomic E-state index is 2.43. The second kappa shape index (κ2) is 13.2. The molecule has 11 rings (SSSR count). The molecule has 0 bridgehead atoms. The minimum absolute atomic E-state index is 1.11. The van der Waals surface area contributed by atoms with Gasteiger partial charge in [0.2, 0.25) is 0 Å². The van der Waals surface area contributed by atoms with Crippen LogP contribution in [0.25, 0.3) is 82.1 Å². The van der Waals surface area contributed by atoms with Crippen LogP contribution in [0.4, 0.5) is 17.1 Å². The van der Waals surface area contributed by atoms with E-state index in [2.05, 4.69) is 228 Å². The van der Waals surface area contributed by atoms with Crippen molar-refractivity contribution in [3.8, 4) is 27.9 Å². The van der Waals surface area contributed by atoms with Gasteiger partial charge in [-0.3, -0.25) is 0 Å². The number of anilines is 3. The van der Waals surface area contributed by atoms with E-state index >= 15 is 0 Å². The van der Waals surface area contributed by atoms with E-state index in [1.165, 1.54) is 82.1 Å². The predicted octanol–water partition coefficient (Wildman–Crippen LogP) is 15.0. The lowest BCUT2D eigenvalue weighted by atomic mass is 9.94. The van der Waals surface area contributed by atoms with Crippen LogP contribution < -0.4 is 4.90 Å². The summed E-state index contributed by atoms with van der Waals surface area (Å²) in [5.41, 5.74) is 11.7. The minimum atomic E-state index is 1.11. The van der Waals surface area contributed by atoms with Crippen LogP contribution in [-0.4, -0.2) is 4.57 Å². The molecule has 0 radical (unpaired) electrons. The van der Waals surface area contributed by atoms with E-state index in [9.17, 15) is 0 Å². The molecule has 1 aromatic heterocycles. The molecule has 0 saturated carbocycles. The Bertz CT molecular complexity index is 3180. The first-order chi connectivity index (χ1) is 27.8. The molecule has 11 aromatic rings. The molecule has 0 spiro atoms. The van der Waals surface area contributed by atoms with Gasteiger partial charge in [0, 0.05) is 33.5 Å². The third-order valence-electron chi connectivity index (χ3n) is 11.4. The third-order valence-corrected chi connectivity index (χ3v) is 11.4. The summed E-state index contributed by atoms with van der Waals surface area (Å²) < 4.78 is 2.43. The lowest BCUT2D eigenvalue weighted by molar-refractivity contribution is 1.19. The fourth-order valence-electron chi connectivity index (χ4n) is 8.73. The quantitative estimate of drug-likeness (QED) is 0.156. The summed E-state index contributed by atoms with van der Waals surface area (Å²) in [6.45, 7) is 0. The van der Waals surface area contributed by atoms with Crippen LogP contribution >= 0.6 is 0 Å². The van der Waals surface area contributed by atoms with Gasteiger partial charge in [0.15, 0.2) is 0 Å². The monoisotopic (exact) mass is 712 g/mol. The van der Waals surface area contributed by atoms with Crippen LogP contribution in [0.5, 0.6) is 0 Å². The summed E-state index contributed by atoms with van der Waals surface area (Å²) in [5, 5.41) is 10.2. The number of nitrogens with zero attached hydrogens (tertiary/aromatic N) is 2. The molecule has 0 fully saturated rings. The minimum Gasteiger partial charge on any atom is -0.311 e. The molecule has 2 nitrogen and oxygen atoms in total. The second-order valence-electron chi connectivity index (χ2n) is 14.5. The number of hydrogen-bond acceptors (Lipinski definition) is 1. The van der Waals surface area contributed by atoms with Crippen LogP contribution in [-0.2, 0) is 0 Å². The highest BCUT2D eigenvalue weighted by atomic mass is 15.1. The van der Waals surface area contributed by atoms with Gasteiger partial charge in [-0.05, 0) is 121 Å². The number of fused-ring (bicyclic) bond motifs is 9. The van der Waals surface area contributed by atoms with Crippen molar-refractivity contribution in [3.63, 3.8) is 0 Å². The van der Waals surface area contributed by atoms with E-state index in [0.29, 0.717) is 0 Å². The Labute approximate surface area is 325 Å². The normalized spacial score (nSPS) is 11.6. The van der Waals surface area contributed by atoms with Gasteiger partial charge in [-0.25, -0.2) is 0 Å². The Morgan fingerprint density at radius 2 is 0.679 bits per heavy atom. The average Bonchev–Trinajstić information content (AvgIpc) is 3.61. The Kier molecular flexibility index (Phi) is 7.53. The van der Waals surface area contributed by atoms with E-state index in [4.69, 9.17) is 0 Å². The van der Waals surface area contributed by atoms with Gasteiger partial charge in [0.25, 0.3) is 0 Å². The summed E-state index contributed by atoms with van der Waals surface area (Å²) >= 11 is 0. The molecule has 0 amide bonds. The van der Waals surface area contributed by atoms with E-state index in [0.717, 1.165) is 17.1 Å². The van der Waals surface area contributed by atoms with Crippen molar-refractivity contribution in [2.45, 2.75) is 0 Å². The van der Waals surface area contributed by atoms with Gasteiger partial charge in [-0.15, -0.1) is 0 Å². The van der Waals surface area contributed by atoms with Crippen LogP contribution in [0.15, 0.2) is 218 Å². The van der Waals surface area contributed by atoms with Crippen molar-refractivity contribution in [1.29, 1.82) is 0 Å². The van der Waals surface area contributed by atoms with Gasteiger partial charge >= 0.3 is 0 Å². The van der Waals surface area contributed by atoms with Crippen molar-refractivity contribution in [3.05, 3.63) is 218 Å². The molecule has 1 heterocycles. The van der Waals surface area contributed by atoms with Crippen LogP contribution in [0.3, 0.4) is 0 Å². The zero-order valence-electron chi connectivity index (χ0n) is 30.7. The Morgan fingerprint density at radius 3 is 1.30 bits per heavy atom. The topological polar surface area (TPSA) is 8.17 Å². The Morgan fingerprint density at radius 1 is 0.250 bits per heavy atom. The number of rotatable bonds is 6. The SMILES string of the molecule is c1ccc(-c2ccc(N(c3ccccc3)c3ccc(-c4ccc5c(c4)c4ccccc4n5-c4ccc5c6ccccc6c6ccccc6c5c4)cc3)cc2)cc1. The van der Waals surface area contributed by atoms with Crippen molar-refractivity contribution in [2.24, 2.45) is 0 Å². The molecule has 262 valence electrons. The first kappa shape index (κ1) is 32.0. The Balaban J connectivity index is 0.999. The van der Waals surface area contributed by atoms with Gasteiger partial charge < -0.3 is 9.47 Å². The van der Waals surface area contributed by atoms with Crippen molar-refractivity contribution in [1.82, 2.24) is 4.57 Å². The molecule has 0 aliphatic heterocycles. The highest BCUT2D eigenvalue weighted by molar-refractivity contribution is 6.25. The molecule has 0 aliphatic carbocycles.